The summed E-state index contributed by atoms with van der Waals surface area (Å²) in [6, 6.07) is 17.5. The van der Waals surface area contributed by atoms with Gasteiger partial charge in [-0.3, -0.25) is 9.69 Å². The standard InChI is InChI=1S/C28H26F3N3O3/c1-4-34(18(3)27(35)36)16-19-9-11-20(12-10-19)25-32-26(37-33-25)21-13-14-23(24(15-21)28(29,30)31)22-8-6-5-7-17(22)2/h5-15,18H,4,16H2,1-3H3,(H,35,36). The number of hydrogen-bond acceptors (Lipinski definition) is 5. The monoisotopic (exact) mass is 509 g/mol. The summed E-state index contributed by atoms with van der Waals surface area (Å²) in [5, 5.41) is 13.2. The Bertz CT molecular complexity index is 1400. The maximum absolute atomic E-state index is 14.0. The number of carboxylic acids is 1. The lowest BCUT2D eigenvalue weighted by atomic mass is 9.94. The van der Waals surface area contributed by atoms with Crippen LogP contribution in [-0.4, -0.2) is 38.7 Å². The quantitative estimate of drug-likeness (QED) is 0.285. The van der Waals surface area contributed by atoms with Gasteiger partial charge < -0.3 is 9.63 Å². The van der Waals surface area contributed by atoms with E-state index in [1.807, 2.05) is 24.0 Å². The highest BCUT2D eigenvalue weighted by atomic mass is 19.4. The first-order valence-corrected chi connectivity index (χ1v) is 11.8. The van der Waals surface area contributed by atoms with Crippen molar-refractivity contribution in [1.29, 1.82) is 0 Å². The topological polar surface area (TPSA) is 79.5 Å². The number of hydrogen-bond donors (Lipinski definition) is 1. The Kier molecular flexibility index (Phi) is 7.45. The van der Waals surface area contributed by atoms with Gasteiger partial charge in [0.2, 0.25) is 5.82 Å². The van der Waals surface area contributed by atoms with Crippen molar-refractivity contribution in [1.82, 2.24) is 15.0 Å². The van der Waals surface area contributed by atoms with Gasteiger partial charge in [-0.15, -0.1) is 0 Å². The molecule has 1 unspecified atom stereocenters. The molecule has 3 aromatic carbocycles. The number of aromatic nitrogens is 2. The van der Waals surface area contributed by atoms with E-state index in [0.29, 0.717) is 24.2 Å². The number of likely N-dealkylation sites (N-methyl/N-ethyl adjacent to an activating group) is 1. The molecule has 192 valence electrons. The van der Waals surface area contributed by atoms with E-state index in [1.165, 1.54) is 6.07 Å². The van der Waals surface area contributed by atoms with Crippen LogP contribution in [0, 0.1) is 6.92 Å². The molecule has 37 heavy (non-hydrogen) atoms. The van der Waals surface area contributed by atoms with E-state index in [2.05, 4.69) is 10.1 Å². The van der Waals surface area contributed by atoms with Gasteiger partial charge >= 0.3 is 12.1 Å². The fraction of sp³-hybridized carbons (Fsp3) is 0.250. The van der Waals surface area contributed by atoms with E-state index in [-0.39, 0.29) is 22.8 Å². The Morgan fingerprint density at radius 1 is 1.03 bits per heavy atom. The summed E-state index contributed by atoms with van der Waals surface area (Å²) in [6.45, 7) is 6.33. The van der Waals surface area contributed by atoms with E-state index in [0.717, 1.165) is 17.2 Å². The zero-order chi connectivity index (χ0) is 26.7. The van der Waals surface area contributed by atoms with E-state index < -0.39 is 23.8 Å². The predicted molar refractivity (Wildman–Crippen MR) is 134 cm³/mol. The molecular weight excluding hydrogens is 483 g/mol. The van der Waals surface area contributed by atoms with Gasteiger partial charge in [0.25, 0.3) is 5.89 Å². The number of halogens is 3. The molecule has 1 aromatic heterocycles. The van der Waals surface area contributed by atoms with Crippen LogP contribution in [0.15, 0.2) is 71.3 Å². The SMILES string of the molecule is CCN(Cc1ccc(-c2noc(-c3ccc(-c4ccccc4C)c(C(F)(F)F)c3)n2)cc1)C(C)C(=O)O. The van der Waals surface area contributed by atoms with Crippen LogP contribution in [0.1, 0.15) is 30.5 Å². The van der Waals surface area contributed by atoms with Gasteiger partial charge in [0, 0.05) is 17.7 Å². The average Bonchev–Trinajstić information content (AvgIpc) is 3.37. The number of aryl methyl sites for hydroxylation is 1. The fourth-order valence-corrected chi connectivity index (χ4v) is 4.15. The first-order valence-electron chi connectivity index (χ1n) is 11.8. The lowest BCUT2D eigenvalue weighted by molar-refractivity contribution is -0.142. The molecule has 0 amide bonds. The van der Waals surface area contributed by atoms with Gasteiger partial charge in [-0.05, 0) is 54.8 Å². The molecule has 6 nitrogen and oxygen atoms in total. The molecule has 0 fully saturated rings. The zero-order valence-electron chi connectivity index (χ0n) is 20.6. The predicted octanol–water partition coefficient (Wildman–Crippen LogP) is 6.69. The number of carboxylic acid groups (broad SMARTS) is 1. The van der Waals surface area contributed by atoms with Crippen molar-refractivity contribution in [2.24, 2.45) is 0 Å². The summed E-state index contributed by atoms with van der Waals surface area (Å²) < 4.78 is 47.2. The molecule has 4 rings (SSSR count). The van der Waals surface area contributed by atoms with Crippen LogP contribution in [0.3, 0.4) is 0 Å². The summed E-state index contributed by atoms with van der Waals surface area (Å²) in [5.74, 6) is -0.670. The van der Waals surface area contributed by atoms with Crippen molar-refractivity contribution in [3.05, 3.63) is 83.4 Å². The van der Waals surface area contributed by atoms with E-state index in [4.69, 9.17) is 4.52 Å². The van der Waals surface area contributed by atoms with Crippen molar-refractivity contribution < 1.29 is 27.6 Å². The summed E-state index contributed by atoms with van der Waals surface area (Å²) in [5.41, 5.74) is 2.25. The number of rotatable bonds is 8. The molecule has 1 N–H and O–H groups in total. The second kappa shape index (κ2) is 10.6. The Labute approximate surface area is 212 Å². The van der Waals surface area contributed by atoms with Crippen molar-refractivity contribution in [3.8, 4) is 34.0 Å². The van der Waals surface area contributed by atoms with Crippen molar-refractivity contribution in [2.75, 3.05) is 6.54 Å². The minimum absolute atomic E-state index is 0.0200. The van der Waals surface area contributed by atoms with Crippen molar-refractivity contribution in [2.45, 2.75) is 39.5 Å². The molecule has 1 heterocycles. The maximum atomic E-state index is 14.0. The summed E-state index contributed by atoms with van der Waals surface area (Å²) in [4.78, 5) is 17.4. The third-order valence-electron chi connectivity index (χ3n) is 6.34. The molecule has 0 aliphatic carbocycles. The minimum atomic E-state index is -4.57. The molecule has 0 saturated heterocycles. The number of nitrogens with zero attached hydrogens (tertiary/aromatic N) is 3. The maximum Gasteiger partial charge on any atom is 0.417 e. The lowest BCUT2D eigenvalue weighted by Gasteiger charge is -2.24. The lowest BCUT2D eigenvalue weighted by Crippen LogP contribution is -2.38. The summed E-state index contributed by atoms with van der Waals surface area (Å²) >= 11 is 0. The van der Waals surface area contributed by atoms with Crippen LogP contribution in [0.5, 0.6) is 0 Å². The highest BCUT2D eigenvalue weighted by Crippen LogP contribution is 2.40. The van der Waals surface area contributed by atoms with Crippen LogP contribution in [0.25, 0.3) is 34.0 Å². The van der Waals surface area contributed by atoms with Crippen molar-refractivity contribution in [3.63, 3.8) is 0 Å². The zero-order valence-corrected chi connectivity index (χ0v) is 20.6. The Morgan fingerprint density at radius 3 is 2.32 bits per heavy atom. The van der Waals surface area contributed by atoms with E-state index in [9.17, 15) is 23.1 Å². The van der Waals surface area contributed by atoms with Gasteiger partial charge in [0.15, 0.2) is 0 Å². The smallest absolute Gasteiger partial charge is 0.417 e. The molecule has 9 heteroatoms. The molecular formula is C28H26F3N3O3. The highest BCUT2D eigenvalue weighted by Gasteiger charge is 2.34. The van der Waals surface area contributed by atoms with Gasteiger partial charge in [-0.2, -0.15) is 18.2 Å². The molecule has 0 aliphatic heterocycles. The van der Waals surface area contributed by atoms with Crippen LogP contribution in [0.4, 0.5) is 13.2 Å². The number of aliphatic carboxylic acids is 1. The fourth-order valence-electron chi connectivity index (χ4n) is 4.15. The van der Waals surface area contributed by atoms with Gasteiger partial charge in [0.1, 0.15) is 6.04 Å². The Hall–Kier alpha value is -3.98. The molecule has 0 radical (unpaired) electrons. The van der Waals surface area contributed by atoms with E-state index in [1.54, 1.807) is 56.3 Å². The van der Waals surface area contributed by atoms with Gasteiger partial charge in [0.05, 0.1) is 5.56 Å². The van der Waals surface area contributed by atoms with Crippen molar-refractivity contribution >= 4 is 5.97 Å². The van der Waals surface area contributed by atoms with Crippen LogP contribution in [-0.2, 0) is 17.5 Å². The second-order valence-corrected chi connectivity index (χ2v) is 8.77. The van der Waals surface area contributed by atoms with Gasteiger partial charge in [-0.25, -0.2) is 0 Å². The Morgan fingerprint density at radius 2 is 1.70 bits per heavy atom. The summed E-state index contributed by atoms with van der Waals surface area (Å²) in [6.07, 6.45) is -4.57. The normalized spacial score (nSPS) is 12.6. The number of alkyl halides is 3. The third-order valence-corrected chi connectivity index (χ3v) is 6.34. The number of benzene rings is 3. The van der Waals surface area contributed by atoms with Gasteiger partial charge in [-0.1, -0.05) is 66.7 Å². The number of carbonyl (C=O) groups is 1. The molecule has 0 bridgehead atoms. The third kappa shape index (κ3) is 5.72. The first kappa shape index (κ1) is 26.1. The molecule has 0 spiro atoms. The second-order valence-electron chi connectivity index (χ2n) is 8.77. The highest BCUT2D eigenvalue weighted by molar-refractivity contribution is 5.75. The average molecular weight is 510 g/mol. The summed E-state index contributed by atoms with van der Waals surface area (Å²) in [7, 11) is 0. The molecule has 0 saturated carbocycles. The van der Waals surface area contributed by atoms with Crippen LogP contribution < -0.4 is 0 Å². The largest absolute Gasteiger partial charge is 0.480 e. The minimum Gasteiger partial charge on any atom is -0.480 e. The van der Waals surface area contributed by atoms with E-state index >= 15 is 0 Å². The van der Waals surface area contributed by atoms with Crippen LogP contribution in [0.2, 0.25) is 0 Å². The molecule has 1 atom stereocenters. The first-order chi connectivity index (χ1) is 17.6. The van der Waals surface area contributed by atoms with Crippen LogP contribution >= 0.6 is 0 Å². The molecule has 0 aliphatic rings. The molecule has 4 aromatic rings. The Balaban J connectivity index is 1.60.